The van der Waals surface area contributed by atoms with Crippen LogP contribution in [0, 0.1) is 11.3 Å². The van der Waals surface area contributed by atoms with Crippen molar-refractivity contribution in [1.82, 2.24) is 16.2 Å². The van der Waals surface area contributed by atoms with Gasteiger partial charge in [-0.2, -0.15) is 5.26 Å². The Balaban J connectivity index is 2.23. The summed E-state index contributed by atoms with van der Waals surface area (Å²) in [6, 6.07) is 2.03. The van der Waals surface area contributed by atoms with E-state index in [9.17, 15) is 0 Å². The molecule has 0 aromatic heterocycles. The molecule has 56 valence electrons. The largest absolute Gasteiger partial charge is 0.333 e. The number of halogens is 1. The maximum Gasteiger partial charge on any atom is 0.179 e. The molecule has 0 amide bonds. The van der Waals surface area contributed by atoms with Crippen LogP contribution >= 0.6 is 11.6 Å². The molecule has 0 aliphatic carbocycles. The lowest BCUT2D eigenvalue weighted by Gasteiger charge is -2.06. The van der Waals surface area contributed by atoms with Crippen LogP contribution in [0.2, 0.25) is 0 Å². The van der Waals surface area contributed by atoms with Crippen molar-refractivity contribution >= 4 is 11.6 Å². The Morgan fingerprint density at radius 2 is 2.40 bits per heavy atom. The predicted molar refractivity (Wildman–Crippen MR) is 34.4 cm³/mol. The molecule has 1 aliphatic rings. The van der Waals surface area contributed by atoms with Gasteiger partial charge in [-0.1, -0.05) is 11.6 Å². The van der Waals surface area contributed by atoms with Crippen LogP contribution in [0.3, 0.4) is 0 Å². The van der Waals surface area contributed by atoms with Crippen molar-refractivity contribution < 1.29 is 4.74 Å². The maximum atomic E-state index is 8.35. The van der Waals surface area contributed by atoms with Crippen LogP contribution in [0.4, 0.5) is 0 Å². The van der Waals surface area contributed by atoms with Crippen molar-refractivity contribution in [2.45, 2.75) is 12.5 Å². The van der Waals surface area contributed by atoms with Gasteiger partial charge in [-0.05, 0) is 0 Å². The Kier molecular flexibility index (Phi) is 2.86. The van der Waals surface area contributed by atoms with Gasteiger partial charge in [0, 0.05) is 0 Å². The molecule has 0 bridgehead atoms. The average Bonchev–Trinajstić information content (AvgIpc) is 2.37. The zero-order valence-corrected chi connectivity index (χ0v) is 5.85. The van der Waals surface area contributed by atoms with Crippen LogP contribution in [-0.4, -0.2) is 18.6 Å². The average molecular weight is 163 g/mol. The zero-order chi connectivity index (χ0) is 7.40. The van der Waals surface area contributed by atoms with E-state index in [-0.39, 0.29) is 12.4 Å². The van der Waals surface area contributed by atoms with Crippen molar-refractivity contribution in [1.29, 1.82) is 5.26 Å². The molecule has 0 radical (unpaired) electrons. The SMILES string of the molecule is N#CC1NNC(OCCl)N1. The summed E-state index contributed by atoms with van der Waals surface area (Å²) < 4.78 is 4.86. The molecule has 1 saturated heterocycles. The first kappa shape index (κ1) is 7.72. The second-order valence-electron chi connectivity index (χ2n) is 1.67. The molecule has 2 atom stereocenters. The molecule has 1 heterocycles. The molecule has 5 nitrogen and oxygen atoms in total. The molecule has 10 heavy (non-hydrogen) atoms. The Morgan fingerprint density at radius 3 is 2.90 bits per heavy atom. The van der Waals surface area contributed by atoms with Gasteiger partial charge < -0.3 is 4.74 Å². The number of hydrogen-bond acceptors (Lipinski definition) is 5. The lowest BCUT2D eigenvalue weighted by molar-refractivity contribution is 0.0544. The van der Waals surface area contributed by atoms with Crippen LogP contribution in [-0.2, 0) is 4.74 Å². The summed E-state index contributed by atoms with van der Waals surface area (Å²) in [6.07, 6.45) is -0.782. The summed E-state index contributed by atoms with van der Waals surface area (Å²) in [5.74, 6) is 0. The van der Waals surface area contributed by atoms with E-state index >= 15 is 0 Å². The van der Waals surface area contributed by atoms with E-state index in [1.165, 1.54) is 0 Å². The molecule has 1 fully saturated rings. The minimum Gasteiger partial charge on any atom is -0.333 e. The van der Waals surface area contributed by atoms with Gasteiger partial charge in [0.25, 0.3) is 0 Å². The molecule has 6 heteroatoms. The summed E-state index contributed by atoms with van der Waals surface area (Å²) in [6.45, 7) is 0. The Bertz CT molecular complexity index is 147. The van der Waals surface area contributed by atoms with E-state index in [0.717, 1.165) is 0 Å². The van der Waals surface area contributed by atoms with Gasteiger partial charge in [-0.3, -0.25) is 0 Å². The standard InChI is InChI=1S/C4H7ClN4O/c5-2-10-4-7-3(1-6)8-9-4/h3-4,7-9H,2H2. The van der Waals surface area contributed by atoms with E-state index in [0.29, 0.717) is 0 Å². The highest BCUT2D eigenvalue weighted by Gasteiger charge is 2.21. The first-order chi connectivity index (χ1) is 4.86. The quantitative estimate of drug-likeness (QED) is 0.456. The second-order valence-corrected chi connectivity index (χ2v) is 1.89. The van der Waals surface area contributed by atoms with Crippen molar-refractivity contribution in [2.75, 3.05) is 6.07 Å². The van der Waals surface area contributed by atoms with Gasteiger partial charge in [0.15, 0.2) is 12.5 Å². The lowest BCUT2D eigenvalue weighted by atomic mass is 10.6. The molecular weight excluding hydrogens is 156 g/mol. The van der Waals surface area contributed by atoms with Crippen molar-refractivity contribution in [3.05, 3.63) is 0 Å². The Labute approximate surface area is 63.3 Å². The first-order valence-corrected chi connectivity index (χ1v) is 3.24. The smallest absolute Gasteiger partial charge is 0.179 e. The van der Waals surface area contributed by atoms with Gasteiger partial charge in [0.2, 0.25) is 0 Å². The van der Waals surface area contributed by atoms with Crippen LogP contribution in [0.1, 0.15) is 0 Å². The van der Waals surface area contributed by atoms with Crippen LogP contribution < -0.4 is 16.2 Å². The van der Waals surface area contributed by atoms with E-state index in [1.807, 2.05) is 6.07 Å². The van der Waals surface area contributed by atoms with E-state index in [4.69, 9.17) is 21.6 Å². The first-order valence-electron chi connectivity index (χ1n) is 2.71. The van der Waals surface area contributed by atoms with Gasteiger partial charge in [-0.25, -0.2) is 16.2 Å². The van der Waals surface area contributed by atoms with E-state index in [2.05, 4.69) is 16.2 Å². The Morgan fingerprint density at radius 1 is 1.60 bits per heavy atom. The third-order valence-corrected chi connectivity index (χ3v) is 1.16. The van der Waals surface area contributed by atoms with E-state index in [1.54, 1.807) is 0 Å². The fraction of sp³-hybridized carbons (Fsp3) is 0.750. The fourth-order valence-electron chi connectivity index (χ4n) is 0.616. The van der Waals surface area contributed by atoms with Crippen molar-refractivity contribution in [3.63, 3.8) is 0 Å². The van der Waals surface area contributed by atoms with Gasteiger partial charge in [0.05, 0.1) is 6.07 Å². The molecular formula is C4H7ClN4O. The third-order valence-electron chi connectivity index (χ3n) is 1.04. The Hall–Kier alpha value is -0.380. The lowest BCUT2D eigenvalue weighted by Crippen LogP contribution is -2.35. The fourth-order valence-corrected chi connectivity index (χ4v) is 0.742. The number of rotatable bonds is 2. The topological polar surface area (TPSA) is 69.1 Å². The number of hydrogen-bond donors (Lipinski definition) is 3. The molecule has 0 aromatic rings. The van der Waals surface area contributed by atoms with Crippen LogP contribution in [0.5, 0.6) is 0 Å². The zero-order valence-electron chi connectivity index (χ0n) is 5.10. The number of nitrogens with one attached hydrogen (secondary N) is 3. The van der Waals surface area contributed by atoms with Gasteiger partial charge >= 0.3 is 0 Å². The molecule has 1 aliphatic heterocycles. The molecule has 0 saturated carbocycles. The van der Waals surface area contributed by atoms with Crippen molar-refractivity contribution in [2.24, 2.45) is 0 Å². The molecule has 3 N–H and O–H groups in total. The van der Waals surface area contributed by atoms with Gasteiger partial charge in [-0.15, -0.1) is 0 Å². The third kappa shape index (κ3) is 1.80. The summed E-state index contributed by atoms with van der Waals surface area (Å²) in [5.41, 5.74) is 5.30. The monoisotopic (exact) mass is 162 g/mol. The molecule has 0 aromatic carbocycles. The summed E-state index contributed by atoms with van der Waals surface area (Å²) in [7, 11) is 0. The molecule has 0 spiro atoms. The van der Waals surface area contributed by atoms with Crippen molar-refractivity contribution in [3.8, 4) is 6.07 Å². The minimum atomic E-state index is -0.409. The van der Waals surface area contributed by atoms with Crippen LogP contribution in [0.25, 0.3) is 0 Å². The predicted octanol–water partition coefficient (Wildman–Crippen LogP) is -0.970. The number of ether oxygens (including phenoxy) is 1. The number of hydrazine groups is 1. The highest BCUT2D eigenvalue weighted by Crippen LogP contribution is 1.91. The minimum absolute atomic E-state index is 0.0878. The number of alkyl halides is 1. The number of nitriles is 1. The summed E-state index contributed by atoms with van der Waals surface area (Å²) >= 11 is 5.26. The maximum absolute atomic E-state index is 8.35. The highest BCUT2D eigenvalue weighted by atomic mass is 35.5. The molecule has 2 unspecified atom stereocenters. The summed E-state index contributed by atoms with van der Waals surface area (Å²) in [5, 5.41) is 11.1. The summed E-state index contributed by atoms with van der Waals surface area (Å²) in [4.78, 5) is 0. The highest BCUT2D eigenvalue weighted by molar-refractivity contribution is 6.17. The second kappa shape index (κ2) is 3.71. The number of nitrogens with zero attached hydrogens (tertiary/aromatic N) is 1. The normalized spacial score (nSPS) is 32.0. The molecule has 1 rings (SSSR count). The van der Waals surface area contributed by atoms with Crippen LogP contribution in [0.15, 0.2) is 0 Å². The van der Waals surface area contributed by atoms with E-state index < -0.39 is 6.17 Å². The van der Waals surface area contributed by atoms with Gasteiger partial charge in [0.1, 0.15) is 6.07 Å².